The van der Waals surface area contributed by atoms with Gasteiger partial charge in [0.05, 0.1) is 5.57 Å². The summed E-state index contributed by atoms with van der Waals surface area (Å²) in [7, 11) is 0. The maximum atomic E-state index is 12.7. The van der Waals surface area contributed by atoms with Gasteiger partial charge in [-0.05, 0) is 41.5 Å². The van der Waals surface area contributed by atoms with Crippen molar-refractivity contribution >= 4 is 23.5 Å². The second-order valence-electron chi connectivity index (χ2n) is 5.67. The molecule has 0 bridgehead atoms. The number of tetrazole rings is 1. The molecule has 1 unspecified atom stereocenters. The van der Waals surface area contributed by atoms with Gasteiger partial charge in [-0.1, -0.05) is 42.2 Å². The highest BCUT2D eigenvalue weighted by Crippen LogP contribution is 2.34. The molecule has 1 aliphatic heterocycles. The molecule has 2 heterocycles. The number of allylic oxidation sites excluding steroid dienone is 1. The summed E-state index contributed by atoms with van der Waals surface area (Å²) in [6.07, 6.45) is 1.96. The Balaban J connectivity index is 2.00. The Morgan fingerprint density at radius 1 is 1.38 bits per heavy atom. The van der Waals surface area contributed by atoms with Crippen molar-refractivity contribution in [2.75, 3.05) is 11.9 Å². The van der Waals surface area contributed by atoms with Gasteiger partial charge in [0.15, 0.2) is 0 Å². The van der Waals surface area contributed by atoms with E-state index in [9.17, 15) is 4.79 Å². The van der Waals surface area contributed by atoms with E-state index in [0.29, 0.717) is 23.1 Å². The summed E-state index contributed by atoms with van der Waals surface area (Å²) >= 11 is 5.99. The summed E-state index contributed by atoms with van der Waals surface area (Å²) in [6.45, 7) is 4.58. The van der Waals surface area contributed by atoms with Crippen LogP contribution in [-0.2, 0) is 4.79 Å². The molecule has 0 saturated heterocycles. The van der Waals surface area contributed by atoms with Crippen LogP contribution in [0.5, 0.6) is 0 Å². The molecule has 1 aromatic heterocycles. The van der Waals surface area contributed by atoms with Crippen LogP contribution in [0.1, 0.15) is 38.3 Å². The van der Waals surface area contributed by atoms with E-state index in [-0.39, 0.29) is 5.91 Å². The molecule has 7 nitrogen and oxygen atoms in total. The van der Waals surface area contributed by atoms with E-state index in [2.05, 4.69) is 33.1 Å². The van der Waals surface area contributed by atoms with Gasteiger partial charge in [-0.25, -0.2) is 0 Å². The van der Waals surface area contributed by atoms with Crippen LogP contribution in [0, 0.1) is 0 Å². The van der Waals surface area contributed by atoms with Crippen molar-refractivity contribution in [2.45, 2.75) is 32.7 Å². The predicted molar refractivity (Wildman–Crippen MR) is 91.6 cm³/mol. The molecule has 2 N–H and O–H groups in total. The number of fused-ring (bicyclic) bond motifs is 1. The summed E-state index contributed by atoms with van der Waals surface area (Å²) < 4.78 is 1.62. The first-order valence-electron chi connectivity index (χ1n) is 7.91. The van der Waals surface area contributed by atoms with Gasteiger partial charge in [0, 0.05) is 17.3 Å². The summed E-state index contributed by atoms with van der Waals surface area (Å²) in [4.78, 5) is 12.7. The fraction of sp³-hybridized carbons (Fsp3) is 0.375. The van der Waals surface area contributed by atoms with E-state index < -0.39 is 6.04 Å². The maximum Gasteiger partial charge on any atom is 0.251 e. The maximum absolute atomic E-state index is 12.7. The highest BCUT2D eigenvalue weighted by molar-refractivity contribution is 6.30. The summed E-state index contributed by atoms with van der Waals surface area (Å²) in [5.41, 5.74) is 2.24. The van der Waals surface area contributed by atoms with Crippen LogP contribution in [0.3, 0.4) is 0 Å². The Morgan fingerprint density at radius 2 is 2.12 bits per heavy atom. The molecular weight excluding hydrogens is 328 g/mol. The Labute approximate surface area is 145 Å². The van der Waals surface area contributed by atoms with Gasteiger partial charge in [0.1, 0.15) is 6.04 Å². The van der Waals surface area contributed by atoms with Gasteiger partial charge in [0.25, 0.3) is 5.91 Å². The van der Waals surface area contributed by atoms with Crippen molar-refractivity contribution in [1.82, 2.24) is 25.5 Å². The smallest absolute Gasteiger partial charge is 0.251 e. The van der Waals surface area contributed by atoms with Gasteiger partial charge in [-0.3, -0.25) is 4.79 Å². The summed E-state index contributed by atoms with van der Waals surface area (Å²) in [5, 5.41) is 18.4. The minimum atomic E-state index is -0.393. The number of hydrogen-bond acceptors (Lipinski definition) is 5. The van der Waals surface area contributed by atoms with Gasteiger partial charge in [-0.2, -0.15) is 4.68 Å². The Kier molecular flexibility index (Phi) is 4.80. The molecule has 126 valence electrons. The fourth-order valence-electron chi connectivity index (χ4n) is 2.73. The number of halogens is 1. The number of anilines is 1. The number of amides is 1. The average Bonchev–Trinajstić information content (AvgIpc) is 3.02. The molecular formula is C16H19ClN6O. The van der Waals surface area contributed by atoms with Crippen molar-refractivity contribution in [3.63, 3.8) is 0 Å². The van der Waals surface area contributed by atoms with E-state index in [1.807, 2.05) is 19.1 Å². The molecule has 24 heavy (non-hydrogen) atoms. The topological polar surface area (TPSA) is 84.7 Å². The van der Waals surface area contributed by atoms with Crippen molar-refractivity contribution in [3.05, 3.63) is 46.1 Å². The lowest BCUT2D eigenvalue weighted by atomic mass is 9.95. The zero-order valence-electron chi connectivity index (χ0n) is 13.6. The van der Waals surface area contributed by atoms with Gasteiger partial charge < -0.3 is 10.6 Å². The second kappa shape index (κ2) is 7.00. The lowest BCUT2D eigenvalue weighted by Crippen LogP contribution is -2.35. The van der Waals surface area contributed by atoms with Crippen LogP contribution in [0.2, 0.25) is 5.02 Å². The van der Waals surface area contributed by atoms with E-state index >= 15 is 0 Å². The van der Waals surface area contributed by atoms with E-state index in [4.69, 9.17) is 11.6 Å². The first-order valence-corrected chi connectivity index (χ1v) is 8.29. The third-order valence-corrected chi connectivity index (χ3v) is 4.21. The van der Waals surface area contributed by atoms with Crippen LogP contribution in [0.4, 0.5) is 5.95 Å². The second-order valence-corrected chi connectivity index (χ2v) is 6.11. The number of hydrogen-bond donors (Lipinski definition) is 2. The zero-order valence-corrected chi connectivity index (χ0v) is 14.3. The molecule has 0 saturated carbocycles. The number of aromatic nitrogens is 4. The molecule has 8 heteroatoms. The monoisotopic (exact) mass is 346 g/mol. The quantitative estimate of drug-likeness (QED) is 0.813. The molecule has 0 fully saturated rings. The van der Waals surface area contributed by atoms with Gasteiger partial charge in [-0.15, -0.1) is 0 Å². The minimum absolute atomic E-state index is 0.116. The predicted octanol–water partition coefficient (Wildman–Crippen LogP) is 2.53. The van der Waals surface area contributed by atoms with Gasteiger partial charge >= 0.3 is 0 Å². The number of carbonyl (C=O) groups is 1. The van der Waals surface area contributed by atoms with Crippen LogP contribution in [0.25, 0.3) is 0 Å². The van der Waals surface area contributed by atoms with Crippen molar-refractivity contribution in [2.24, 2.45) is 0 Å². The largest absolute Gasteiger partial charge is 0.352 e. The standard InChI is InChI=1S/C16H19ClN6O/c1-3-4-9-18-15(24)13-10(2)19-16-20-21-22-23(16)14(13)11-5-7-12(17)8-6-11/h5-8,14H,3-4,9H2,1-2H3,(H,18,24)(H,19,20,22). The van der Waals surface area contributed by atoms with Crippen molar-refractivity contribution in [1.29, 1.82) is 0 Å². The van der Waals surface area contributed by atoms with Gasteiger partial charge in [0.2, 0.25) is 5.95 Å². The Bertz CT molecular complexity index is 767. The van der Waals surface area contributed by atoms with Crippen LogP contribution < -0.4 is 10.6 Å². The van der Waals surface area contributed by atoms with Crippen LogP contribution in [0.15, 0.2) is 35.5 Å². The molecule has 1 atom stereocenters. The number of nitrogens with one attached hydrogen (secondary N) is 2. The number of nitrogens with zero attached hydrogens (tertiary/aromatic N) is 4. The first kappa shape index (κ1) is 16.4. The van der Waals surface area contributed by atoms with Crippen molar-refractivity contribution < 1.29 is 4.79 Å². The number of rotatable bonds is 5. The lowest BCUT2D eigenvalue weighted by molar-refractivity contribution is -0.118. The summed E-state index contributed by atoms with van der Waals surface area (Å²) in [6, 6.07) is 6.97. The lowest BCUT2D eigenvalue weighted by Gasteiger charge is -2.28. The molecule has 1 amide bonds. The molecule has 0 spiro atoms. The molecule has 1 aliphatic rings. The average molecular weight is 347 g/mol. The normalized spacial score (nSPS) is 16.5. The summed E-state index contributed by atoms with van der Waals surface area (Å²) in [5.74, 6) is 0.395. The van der Waals surface area contributed by atoms with Crippen LogP contribution in [-0.4, -0.2) is 32.7 Å². The highest BCUT2D eigenvalue weighted by atomic mass is 35.5. The molecule has 1 aromatic carbocycles. The molecule has 0 aliphatic carbocycles. The molecule has 3 rings (SSSR count). The molecule has 2 aromatic rings. The number of carbonyl (C=O) groups excluding carboxylic acids is 1. The SMILES string of the molecule is CCCCNC(=O)C1=C(C)Nc2nnnn2C1c1ccc(Cl)cc1. The van der Waals surface area contributed by atoms with Crippen molar-refractivity contribution in [3.8, 4) is 0 Å². The first-order chi connectivity index (χ1) is 11.6. The number of unbranched alkanes of at least 4 members (excludes halogenated alkanes) is 1. The zero-order chi connectivity index (χ0) is 17.1. The number of benzene rings is 1. The fourth-order valence-corrected chi connectivity index (χ4v) is 2.86. The minimum Gasteiger partial charge on any atom is -0.352 e. The van der Waals surface area contributed by atoms with E-state index in [1.165, 1.54) is 0 Å². The van der Waals surface area contributed by atoms with Crippen LogP contribution >= 0.6 is 11.6 Å². The highest BCUT2D eigenvalue weighted by Gasteiger charge is 2.33. The third-order valence-electron chi connectivity index (χ3n) is 3.96. The third kappa shape index (κ3) is 3.12. The molecule has 0 radical (unpaired) electrons. The Hall–Kier alpha value is -2.41. The van der Waals surface area contributed by atoms with E-state index in [0.717, 1.165) is 24.1 Å². The Morgan fingerprint density at radius 3 is 2.83 bits per heavy atom. The van der Waals surface area contributed by atoms with E-state index in [1.54, 1.807) is 16.8 Å².